The highest BCUT2D eigenvalue weighted by molar-refractivity contribution is 7.80. The van der Waals surface area contributed by atoms with E-state index in [0.717, 1.165) is 5.69 Å². The monoisotopic (exact) mass is 230 g/mol. The van der Waals surface area contributed by atoms with Gasteiger partial charge in [0.15, 0.2) is 5.11 Å². The van der Waals surface area contributed by atoms with Gasteiger partial charge in [-0.2, -0.15) is 0 Å². The average Bonchev–Trinajstić information content (AvgIpc) is 2.18. The minimum Gasteiger partial charge on any atom is -0.395 e. The fraction of sp³-hybridized carbons (Fsp3) is 0.222. The lowest BCUT2D eigenvalue weighted by molar-refractivity contribution is 0.301. The number of rotatable bonds is 3. The Kier molecular flexibility index (Phi) is 4.65. The van der Waals surface area contributed by atoms with Crippen LogP contribution in [0.1, 0.15) is 0 Å². The molecule has 0 amide bonds. The molecule has 0 spiro atoms. The van der Waals surface area contributed by atoms with E-state index in [4.69, 9.17) is 28.9 Å². The third-order valence-electron chi connectivity index (χ3n) is 1.50. The third-order valence-corrected chi connectivity index (χ3v) is 2.00. The number of anilines is 1. The Morgan fingerprint density at radius 3 is 2.57 bits per heavy atom. The van der Waals surface area contributed by atoms with Gasteiger partial charge in [-0.1, -0.05) is 11.6 Å². The van der Waals surface area contributed by atoms with E-state index in [0.29, 0.717) is 16.7 Å². The third kappa shape index (κ3) is 3.91. The second-order valence-electron chi connectivity index (χ2n) is 2.61. The Morgan fingerprint density at radius 2 is 2.00 bits per heavy atom. The summed E-state index contributed by atoms with van der Waals surface area (Å²) in [5.41, 5.74) is 0.866. The highest BCUT2D eigenvalue weighted by Gasteiger charge is 1.95. The van der Waals surface area contributed by atoms with Gasteiger partial charge in [-0.25, -0.2) is 0 Å². The molecular weight excluding hydrogens is 220 g/mol. The largest absolute Gasteiger partial charge is 0.395 e. The molecule has 3 N–H and O–H groups in total. The summed E-state index contributed by atoms with van der Waals surface area (Å²) in [6.45, 7) is 0.502. The molecule has 14 heavy (non-hydrogen) atoms. The van der Waals surface area contributed by atoms with E-state index in [1.54, 1.807) is 12.1 Å². The molecule has 5 heteroatoms. The smallest absolute Gasteiger partial charge is 0.170 e. The zero-order chi connectivity index (χ0) is 10.4. The summed E-state index contributed by atoms with van der Waals surface area (Å²) >= 11 is 10.7. The minimum absolute atomic E-state index is 0.0580. The van der Waals surface area contributed by atoms with Crippen LogP contribution in [-0.4, -0.2) is 23.4 Å². The van der Waals surface area contributed by atoms with Gasteiger partial charge >= 0.3 is 0 Å². The van der Waals surface area contributed by atoms with Crippen LogP contribution in [-0.2, 0) is 0 Å². The van der Waals surface area contributed by atoms with E-state index < -0.39 is 0 Å². The molecule has 0 heterocycles. The number of benzene rings is 1. The first kappa shape index (κ1) is 11.2. The molecule has 0 bridgehead atoms. The maximum atomic E-state index is 8.55. The first-order chi connectivity index (χ1) is 6.72. The van der Waals surface area contributed by atoms with Crippen LogP contribution >= 0.6 is 23.8 Å². The van der Waals surface area contributed by atoms with Crippen molar-refractivity contribution in [2.24, 2.45) is 0 Å². The number of aliphatic hydroxyl groups excluding tert-OH is 1. The maximum absolute atomic E-state index is 8.55. The summed E-state index contributed by atoms with van der Waals surface area (Å²) in [7, 11) is 0. The van der Waals surface area contributed by atoms with Gasteiger partial charge in [0.25, 0.3) is 0 Å². The molecule has 0 fully saturated rings. The molecule has 3 nitrogen and oxygen atoms in total. The molecule has 0 aliphatic carbocycles. The Hall–Kier alpha value is -0.840. The van der Waals surface area contributed by atoms with Gasteiger partial charge in [0, 0.05) is 17.3 Å². The first-order valence-electron chi connectivity index (χ1n) is 4.13. The molecule has 0 aromatic heterocycles. The minimum atomic E-state index is 0.0580. The van der Waals surface area contributed by atoms with Gasteiger partial charge in [0.1, 0.15) is 0 Å². The lowest BCUT2D eigenvalue weighted by Gasteiger charge is -2.08. The molecule has 0 unspecified atom stereocenters. The molecule has 1 aromatic rings. The van der Waals surface area contributed by atoms with Crippen LogP contribution in [0.4, 0.5) is 5.69 Å². The van der Waals surface area contributed by atoms with Crippen molar-refractivity contribution in [3.05, 3.63) is 29.3 Å². The predicted molar refractivity (Wildman–Crippen MR) is 62.8 cm³/mol. The maximum Gasteiger partial charge on any atom is 0.170 e. The van der Waals surface area contributed by atoms with Crippen LogP contribution in [0.5, 0.6) is 0 Å². The van der Waals surface area contributed by atoms with E-state index in [1.165, 1.54) is 0 Å². The number of hydrogen-bond donors (Lipinski definition) is 3. The highest BCUT2D eigenvalue weighted by Crippen LogP contribution is 2.12. The molecule has 0 saturated heterocycles. The second-order valence-corrected chi connectivity index (χ2v) is 3.46. The second kappa shape index (κ2) is 5.80. The van der Waals surface area contributed by atoms with Crippen molar-refractivity contribution in [1.29, 1.82) is 0 Å². The van der Waals surface area contributed by atoms with Gasteiger partial charge in [-0.05, 0) is 36.5 Å². The van der Waals surface area contributed by atoms with E-state index in [9.17, 15) is 0 Å². The van der Waals surface area contributed by atoms with Gasteiger partial charge in [0.05, 0.1) is 6.61 Å². The highest BCUT2D eigenvalue weighted by atomic mass is 35.5. The molecule has 0 saturated carbocycles. The van der Waals surface area contributed by atoms with Crippen LogP contribution in [0.25, 0.3) is 0 Å². The van der Waals surface area contributed by atoms with Crippen molar-refractivity contribution in [3.8, 4) is 0 Å². The topological polar surface area (TPSA) is 44.3 Å². The van der Waals surface area contributed by atoms with Crippen LogP contribution in [0, 0.1) is 0 Å². The molecular formula is C9H11ClN2OS. The quantitative estimate of drug-likeness (QED) is 0.691. The fourth-order valence-electron chi connectivity index (χ4n) is 0.878. The molecule has 0 aliphatic heterocycles. The SMILES string of the molecule is OCCNC(=S)Nc1ccc(Cl)cc1. The first-order valence-corrected chi connectivity index (χ1v) is 4.92. The van der Waals surface area contributed by atoms with Crippen LogP contribution in [0.2, 0.25) is 5.02 Å². The van der Waals surface area contributed by atoms with Gasteiger partial charge in [-0.15, -0.1) is 0 Å². The van der Waals surface area contributed by atoms with Gasteiger partial charge in [0.2, 0.25) is 0 Å². The summed E-state index contributed by atoms with van der Waals surface area (Å²) in [4.78, 5) is 0. The van der Waals surface area contributed by atoms with E-state index in [2.05, 4.69) is 10.6 Å². The Morgan fingerprint density at radius 1 is 1.36 bits per heavy atom. The zero-order valence-electron chi connectivity index (χ0n) is 7.46. The van der Waals surface area contributed by atoms with E-state index in [-0.39, 0.29) is 6.61 Å². The molecule has 76 valence electrons. The molecule has 1 rings (SSSR count). The standard InChI is InChI=1S/C9H11ClN2OS/c10-7-1-3-8(4-2-7)12-9(14)11-5-6-13/h1-4,13H,5-6H2,(H2,11,12,14). The van der Waals surface area contributed by atoms with Gasteiger partial charge < -0.3 is 15.7 Å². The summed E-state index contributed by atoms with van der Waals surface area (Å²) in [5.74, 6) is 0. The van der Waals surface area contributed by atoms with Crippen LogP contribution in [0.3, 0.4) is 0 Å². The Balaban J connectivity index is 2.44. The summed E-state index contributed by atoms with van der Waals surface area (Å²) < 4.78 is 0. The van der Waals surface area contributed by atoms with Crippen molar-refractivity contribution in [3.63, 3.8) is 0 Å². The van der Waals surface area contributed by atoms with Crippen molar-refractivity contribution in [2.45, 2.75) is 0 Å². The van der Waals surface area contributed by atoms with Crippen molar-refractivity contribution >= 4 is 34.6 Å². The molecule has 0 aliphatic rings. The van der Waals surface area contributed by atoms with Crippen molar-refractivity contribution in [2.75, 3.05) is 18.5 Å². The number of hydrogen-bond acceptors (Lipinski definition) is 2. The number of nitrogens with one attached hydrogen (secondary N) is 2. The normalized spacial score (nSPS) is 9.57. The molecule has 0 atom stereocenters. The van der Waals surface area contributed by atoms with E-state index >= 15 is 0 Å². The number of thiocarbonyl (C=S) groups is 1. The lowest BCUT2D eigenvalue weighted by atomic mass is 10.3. The Labute approximate surface area is 93.1 Å². The average molecular weight is 231 g/mol. The van der Waals surface area contributed by atoms with Crippen molar-refractivity contribution < 1.29 is 5.11 Å². The lowest BCUT2D eigenvalue weighted by Crippen LogP contribution is -2.30. The van der Waals surface area contributed by atoms with Crippen LogP contribution < -0.4 is 10.6 Å². The van der Waals surface area contributed by atoms with E-state index in [1.807, 2.05) is 12.1 Å². The summed E-state index contributed by atoms with van der Waals surface area (Å²) in [5, 5.41) is 15.5. The number of halogens is 1. The van der Waals surface area contributed by atoms with Gasteiger partial charge in [-0.3, -0.25) is 0 Å². The zero-order valence-corrected chi connectivity index (χ0v) is 9.03. The molecule has 0 radical (unpaired) electrons. The van der Waals surface area contributed by atoms with Crippen LogP contribution in [0.15, 0.2) is 24.3 Å². The van der Waals surface area contributed by atoms with Crippen molar-refractivity contribution in [1.82, 2.24) is 5.32 Å². The fourth-order valence-corrected chi connectivity index (χ4v) is 1.22. The predicted octanol–water partition coefficient (Wildman–Crippen LogP) is 1.62. The molecule has 1 aromatic carbocycles. The Bertz CT molecular complexity index is 302. The number of aliphatic hydroxyl groups is 1. The summed E-state index contributed by atoms with van der Waals surface area (Å²) in [6.07, 6.45) is 0. The summed E-state index contributed by atoms with van der Waals surface area (Å²) in [6, 6.07) is 7.21.